The highest BCUT2D eigenvalue weighted by atomic mass is 32.1. The van der Waals surface area contributed by atoms with Crippen molar-refractivity contribution in [1.82, 2.24) is 15.0 Å². The fourth-order valence-corrected chi connectivity index (χ4v) is 14.7. The Balaban J connectivity index is 0.000000238. The van der Waals surface area contributed by atoms with Gasteiger partial charge in [-0.15, -0.1) is 34.0 Å². The topological polar surface area (TPSA) is 346 Å². The van der Waals surface area contributed by atoms with Crippen LogP contribution >= 0.6 is 64.4 Å². The summed E-state index contributed by atoms with van der Waals surface area (Å²) in [5.41, 5.74) is 3.92. The third-order valence-electron chi connectivity index (χ3n) is 8.40. The van der Waals surface area contributed by atoms with Crippen LogP contribution in [-0.4, -0.2) is 72.0 Å². The minimum absolute atomic E-state index is 0.0431. The Hall–Kier alpha value is -4.98. The monoisotopic (exact) mass is 1060 g/mol. The second-order valence-corrected chi connectivity index (χ2v) is 24.3. The van der Waals surface area contributed by atoms with Crippen LogP contribution in [0.5, 0.6) is 0 Å². The number of aromatic nitrogens is 3. The van der Waals surface area contributed by atoms with Gasteiger partial charge in [-0.25, -0.2) is 15.0 Å². The number of hydrogen-bond donors (Lipinski definition) is 7. The zero-order valence-corrected chi connectivity index (χ0v) is 42.5. The molecule has 0 aliphatic heterocycles. The number of anilines is 3. The van der Waals surface area contributed by atoms with Crippen LogP contribution in [-0.2, 0) is 36.4 Å². The molecule has 6 aromatic rings. The van der Waals surface area contributed by atoms with E-state index < -0.39 is 41.4 Å². The van der Waals surface area contributed by atoms with Crippen molar-refractivity contribution in [3.8, 4) is 49.9 Å². The first-order chi connectivity index (χ1) is 32.3. The molecule has 0 aliphatic carbocycles. The number of rotatable bonds is 19. The predicted octanol–water partition coefficient (Wildman–Crippen LogP) is 9.91. The highest BCUT2D eigenvalue weighted by molar-refractivity contribution is 7.73. The molecular formula is C40H45N9O12P4S3. The van der Waals surface area contributed by atoms with Crippen LogP contribution in [0.15, 0.2) is 88.9 Å². The van der Waals surface area contributed by atoms with Gasteiger partial charge in [0.2, 0.25) is 11.0 Å². The summed E-state index contributed by atoms with van der Waals surface area (Å²) < 4.78 is 71.8. The summed E-state index contributed by atoms with van der Waals surface area (Å²) >= 11 is 4.42. The highest BCUT2D eigenvalue weighted by Gasteiger charge is 2.52. The maximum Gasteiger partial charge on any atom is 0.365 e. The summed E-state index contributed by atoms with van der Waals surface area (Å²) in [5.74, 6) is 0.0612. The van der Waals surface area contributed by atoms with E-state index in [1.807, 2.05) is 52.5 Å². The molecule has 0 saturated carbocycles. The SMILES string of the molecule is CCOP(=O)(OCC)C(Nc1nc(-c2cccs2)ccc1C#N)P(=O)(OCC)OCC.N#Cc1ccc(-c2cccs2)nc1N.N#Cc1ccc(-c2cccs2)nc1NC(P(=O)(O)O)P(=O)(O)O. The molecule has 28 heteroatoms. The van der Waals surface area contributed by atoms with Gasteiger partial charge < -0.3 is 54.0 Å². The predicted molar refractivity (Wildman–Crippen MR) is 262 cm³/mol. The normalized spacial score (nSPS) is 11.6. The molecule has 360 valence electrons. The van der Waals surface area contributed by atoms with Crippen LogP contribution in [0.3, 0.4) is 0 Å². The molecule has 68 heavy (non-hydrogen) atoms. The quantitative estimate of drug-likeness (QED) is 0.0371. The molecule has 0 aromatic carbocycles. The van der Waals surface area contributed by atoms with Crippen LogP contribution in [0, 0.1) is 34.0 Å². The summed E-state index contributed by atoms with van der Waals surface area (Å²) in [6, 6.07) is 26.6. The van der Waals surface area contributed by atoms with Crippen molar-refractivity contribution in [1.29, 1.82) is 15.8 Å². The van der Waals surface area contributed by atoms with Gasteiger partial charge in [-0.1, -0.05) is 18.2 Å². The molecule has 0 unspecified atom stereocenters. The number of nitrogens with two attached hydrogens (primary N) is 1. The molecule has 0 radical (unpaired) electrons. The molecule has 6 rings (SSSR count). The fourth-order valence-electron chi connectivity index (χ4n) is 5.59. The standard InChI is InChI=1S/C19H27N3O6P2S.C11H11N3O6P2S.C10H7N3S/c1-5-25-29(23,26-6-2)19(30(24,27-7-3)28-8-4)22-18-15(14-20)11-12-16(21-18)17-10-9-13-31-17;12-6-7-3-4-8(9-2-1-5-23-9)13-10(7)14-11(21(15,16)17)22(18,19)20;11-6-7-3-4-8(13-10(7)12)9-2-1-5-14-9/h9-13,19H,5-8H2,1-4H3,(H,21,22);1-5,11H,(H,13,14)(H2,15,16,17)(H2,18,19,20);1-5H,(H2,12,13). The molecular weight excluding hydrogens is 1020 g/mol. The first-order valence-electron chi connectivity index (χ1n) is 19.8. The van der Waals surface area contributed by atoms with Gasteiger partial charge in [-0.3, -0.25) is 18.3 Å². The molecule has 21 nitrogen and oxygen atoms in total. The van der Waals surface area contributed by atoms with Gasteiger partial charge in [-0.05, 0) is 98.4 Å². The lowest BCUT2D eigenvalue weighted by atomic mass is 10.2. The maximum atomic E-state index is 13.7. The molecule has 0 bridgehead atoms. The third kappa shape index (κ3) is 15.0. The Kier molecular flexibility index (Phi) is 20.9. The number of nitriles is 3. The van der Waals surface area contributed by atoms with Crippen molar-refractivity contribution in [2.45, 2.75) is 38.7 Å². The smallest absolute Gasteiger partial charge is 0.365 e. The number of pyridine rings is 3. The van der Waals surface area contributed by atoms with Crippen LogP contribution in [0.2, 0.25) is 0 Å². The molecule has 6 heterocycles. The van der Waals surface area contributed by atoms with E-state index in [0.717, 1.165) is 20.3 Å². The van der Waals surface area contributed by atoms with Gasteiger partial charge in [0.05, 0.1) is 74.8 Å². The Morgan fingerprint density at radius 3 is 1.15 bits per heavy atom. The Morgan fingerprint density at radius 1 is 0.544 bits per heavy atom. The van der Waals surface area contributed by atoms with E-state index in [1.54, 1.807) is 86.9 Å². The maximum absolute atomic E-state index is 13.7. The minimum atomic E-state index is -5.19. The lowest BCUT2D eigenvalue weighted by molar-refractivity contribution is 0.198. The summed E-state index contributed by atoms with van der Waals surface area (Å²) in [4.78, 5) is 51.9. The van der Waals surface area contributed by atoms with Crippen LogP contribution < -0.4 is 16.4 Å². The van der Waals surface area contributed by atoms with Crippen molar-refractivity contribution < 1.29 is 55.9 Å². The van der Waals surface area contributed by atoms with Crippen molar-refractivity contribution in [3.05, 3.63) is 106 Å². The Morgan fingerprint density at radius 2 is 0.868 bits per heavy atom. The molecule has 0 spiro atoms. The van der Waals surface area contributed by atoms with Gasteiger partial charge in [0.25, 0.3) is 0 Å². The summed E-state index contributed by atoms with van der Waals surface area (Å²) in [6.07, 6.45) is 0. The zero-order chi connectivity index (χ0) is 50.1. The minimum Gasteiger partial charge on any atom is -0.383 e. The summed E-state index contributed by atoms with van der Waals surface area (Å²) in [6.45, 7) is 6.75. The highest BCUT2D eigenvalue weighted by Crippen LogP contribution is 2.70. The first kappa shape index (κ1) is 55.6. The van der Waals surface area contributed by atoms with Crippen molar-refractivity contribution in [3.63, 3.8) is 0 Å². The third-order valence-corrected chi connectivity index (χ3v) is 20.0. The van der Waals surface area contributed by atoms with Crippen molar-refractivity contribution >= 4 is 81.8 Å². The van der Waals surface area contributed by atoms with E-state index in [1.165, 1.54) is 34.8 Å². The molecule has 6 aromatic heterocycles. The average molecular weight is 1060 g/mol. The first-order valence-corrected chi connectivity index (χ1v) is 29.0. The van der Waals surface area contributed by atoms with Gasteiger partial charge >= 0.3 is 30.4 Å². The van der Waals surface area contributed by atoms with E-state index in [0.29, 0.717) is 22.8 Å². The lowest BCUT2D eigenvalue weighted by Crippen LogP contribution is -2.26. The van der Waals surface area contributed by atoms with E-state index in [4.69, 9.17) is 53.9 Å². The number of nitrogens with zero attached hydrogens (tertiary/aromatic N) is 6. The fraction of sp³-hybridized carbons (Fsp3) is 0.250. The molecule has 0 aliphatic rings. The van der Waals surface area contributed by atoms with Gasteiger partial charge in [0, 0.05) is 0 Å². The van der Waals surface area contributed by atoms with Crippen molar-refractivity contribution in [2.75, 3.05) is 42.8 Å². The van der Waals surface area contributed by atoms with Crippen LogP contribution in [0.4, 0.5) is 17.5 Å². The molecule has 0 fully saturated rings. The molecule has 0 atom stereocenters. The molecule has 0 saturated heterocycles. The van der Waals surface area contributed by atoms with Gasteiger partial charge in [-0.2, -0.15) is 15.8 Å². The second-order valence-electron chi connectivity index (χ2n) is 13.0. The number of thiophene rings is 3. The Labute approximate surface area is 403 Å². The van der Waals surface area contributed by atoms with E-state index in [2.05, 4.69) is 20.3 Å². The van der Waals surface area contributed by atoms with Crippen LogP contribution in [0.1, 0.15) is 44.4 Å². The van der Waals surface area contributed by atoms with E-state index in [-0.39, 0.29) is 49.2 Å². The average Bonchev–Trinajstić information content (AvgIpc) is 4.13. The summed E-state index contributed by atoms with van der Waals surface area (Å²) in [7, 11) is -18.5. The Bertz CT molecular complexity index is 2850. The zero-order valence-electron chi connectivity index (χ0n) is 36.5. The summed E-state index contributed by atoms with van der Waals surface area (Å²) in [5, 5.41) is 37.9. The van der Waals surface area contributed by atoms with E-state index in [9.17, 15) is 23.5 Å². The number of hydrogen-bond acceptors (Lipinski definition) is 20. The molecule has 8 N–H and O–H groups in total. The van der Waals surface area contributed by atoms with Crippen molar-refractivity contribution in [2.24, 2.45) is 0 Å². The number of nitrogen functional groups attached to an aromatic ring is 1. The lowest BCUT2D eigenvalue weighted by Gasteiger charge is -2.32. The largest absolute Gasteiger partial charge is 0.383 e. The number of nitrogens with one attached hydrogen (secondary N) is 2. The van der Waals surface area contributed by atoms with Gasteiger partial charge in [0.15, 0.2) is 0 Å². The second kappa shape index (κ2) is 25.6. The molecule has 0 amide bonds. The van der Waals surface area contributed by atoms with Crippen LogP contribution in [0.25, 0.3) is 31.7 Å². The van der Waals surface area contributed by atoms with Gasteiger partial charge in [0.1, 0.15) is 35.7 Å². The van der Waals surface area contributed by atoms with E-state index >= 15 is 0 Å².